The highest BCUT2D eigenvalue weighted by Crippen LogP contribution is 2.24. The fraction of sp³-hybridized carbons (Fsp3) is 0.500. The highest BCUT2D eigenvalue weighted by molar-refractivity contribution is 7.99. The predicted octanol–water partition coefficient (Wildman–Crippen LogP) is 2.88. The minimum atomic E-state index is -0.884. The standard InChI is InChI=1S/C16H21NO3S/c1-12-7-9-17(14(11-12)16(19)20)15(18)8-10-21-13-5-3-2-4-6-13/h2-6,12,14H,7-11H2,1H3,(H,19,20). The van der Waals surface area contributed by atoms with Crippen LogP contribution in [0.15, 0.2) is 35.2 Å². The number of carbonyl (C=O) groups excluding carboxylic acids is 1. The molecule has 2 atom stereocenters. The SMILES string of the molecule is CC1CCN(C(=O)CCSc2ccccc2)C(C(=O)O)C1. The third-order valence-corrected chi connectivity index (χ3v) is 4.81. The number of rotatable bonds is 5. The molecule has 1 saturated heterocycles. The molecule has 0 spiro atoms. The second-order valence-corrected chi connectivity index (χ2v) is 6.65. The molecule has 1 heterocycles. The Bertz CT molecular complexity index is 492. The molecule has 1 fully saturated rings. The molecule has 4 nitrogen and oxygen atoms in total. The van der Waals surface area contributed by atoms with Gasteiger partial charge in [-0.15, -0.1) is 11.8 Å². The van der Waals surface area contributed by atoms with Crippen LogP contribution in [0.25, 0.3) is 0 Å². The third kappa shape index (κ3) is 4.49. The smallest absolute Gasteiger partial charge is 0.326 e. The molecule has 2 rings (SSSR count). The molecule has 0 aliphatic carbocycles. The molecule has 0 radical (unpaired) electrons. The van der Waals surface area contributed by atoms with E-state index in [4.69, 9.17) is 0 Å². The van der Waals surface area contributed by atoms with Gasteiger partial charge in [-0.2, -0.15) is 0 Å². The lowest BCUT2D eigenvalue weighted by Crippen LogP contribution is -2.49. The van der Waals surface area contributed by atoms with Crippen LogP contribution in [0.5, 0.6) is 0 Å². The van der Waals surface area contributed by atoms with Gasteiger partial charge in [0.2, 0.25) is 5.91 Å². The number of carboxylic acid groups (broad SMARTS) is 1. The van der Waals surface area contributed by atoms with Gasteiger partial charge in [-0.1, -0.05) is 25.1 Å². The van der Waals surface area contributed by atoms with Crippen molar-refractivity contribution in [3.63, 3.8) is 0 Å². The summed E-state index contributed by atoms with van der Waals surface area (Å²) < 4.78 is 0. The second-order valence-electron chi connectivity index (χ2n) is 5.48. The Kier molecular flexibility index (Phi) is 5.67. The minimum Gasteiger partial charge on any atom is -0.480 e. The zero-order valence-corrected chi connectivity index (χ0v) is 13.0. The van der Waals surface area contributed by atoms with Crippen molar-refractivity contribution >= 4 is 23.6 Å². The van der Waals surface area contributed by atoms with E-state index >= 15 is 0 Å². The summed E-state index contributed by atoms with van der Waals surface area (Å²) in [5, 5.41) is 9.28. The van der Waals surface area contributed by atoms with E-state index in [2.05, 4.69) is 0 Å². The van der Waals surface area contributed by atoms with E-state index in [-0.39, 0.29) is 5.91 Å². The van der Waals surface area contributed by atoms with Crippen molar-refractivity contribution in [2.75, 3.05) is 12.3 Å². The van der Waals surface area contributed by atoms with Gasteiger partial charge in [-0.25, -0.2) is 4.79 Å². The summed E-state index contributed by atoms with van der Waals surface area (Å²) in [4.78, 5) is 26.3. The third-order valence-electron chi connectivity index (χ3n) is 3.80. The van der Waals surface area contributed by atoms with E-state index in [9.17, 15) is 14.7 Å². The number of hydrogen-bond acceptors (Lipinski definition) is 3. The molecule has 0 saturated carbocycles. The predicted molar refractivity (Wildman–Crippen MR) is 83.3 cm³/mol. The summed E-state index contributed by atoms with van der Waals surface area (Å²) in [5.41, 5.74) is 0. The average molecular weight is 307 g/mol. The van der Waals surface area contributed by atoms with Crippen LogP contribution in [-0.4, -0.2) is 40.2 Å². The van der Waals surface area contributed by atoms with Crippen LogP contribution in [0.2, 0.25) is 0 Å². The first kappa shape index (κ1) is 15.9. The summed E-state index contributed by atoms with van der Waals surface area (Å²) in [6, 6.07) is 9.27. The van der Waals surface area contributed by atoms with E-state index in [1.54, 1.807) is 16.7 Å². The highest BCUT2D eigenvalue weighted by atomic mass is 32.2. The van der Waals surface area contributed by atoms with E-state index < -0.39 is 12.0 Å². The van der Waals surface area contributed by atoms with Crippen molar-refractivity contribution in [2.45, 2.75) is 37.1 Å². The Labute approximate surface area is 129 Å². The Balaban J connectivity index is 1.85. The lowest BCUT2D eigenvalue weighted by Gasteiger charge is -2.36. The molecule has 1 aliphatic heterocycles. The maximum Gasteiger partial charge on any atom is 0.326 e. The largest absolute Gasteiger partial charge is 0.480 e. The molecule has 1 N–H and O–H groups in total. The van der Waals surface area contributed by atoms with Crippen molar-refractivity contribution < 1.29 is 14.7 Å². The average Bonchev–Trinajstić information content (AvgIpc) is 2.48. The molecule has 1 amide bonds. The van der Waals surface area contributed by atoms with E-state index in [0.29, 0.717) is 31.1 Å². The topological polar surface area (TPSA) is 57.6 Å². The zero-order chi connectivity index (χ0) is 15.2. The molecule has 0 aromatic heterocycles. The van der Waals surface area contributed by atoms with Gasteiger partial charge in [0.05, 0.1) is 0 Å². The second kappa shape index (κ2) is 7.50. The Hall–Kier alpha value is -1.49. The van der Waals surface area contributed by atoms with Gasteiger partial charge in [0.15, 0.2) is 0 Å². The molecule has 5 heteroatoms. The summed E-state index contributed by atoms with van der Waals surface area (Å²) in [6.45, 7) is 2.61. The van der Waals surface area contributed by atoms with Crippen LogP contribution in [0.3, 0.4) is 0 Å². The number of carbonyl (C=O) groups is 2. The van der Waals surface area contributed by atoms with E-state index in [1.165, 1.54) is 0 Å². The number of piperidine rings is 1. The van der Waals surface area contributed by atoms with Gasteiger partial charge in [0.25, 0.3) is 0 Å². The van der Waals surface area contributed by atoms with Crippen molar-refractivity contribution in [3.8, 4) is 0 Å². The first-order valence-corrected chi connectivity index (χ1v) is 8.26. The number of amides is 1. The van der Waals surface area contributed by atoms with Crippen LogP contribution in [0.4, 0.5) is 0 Å². The zero-order valence-electron chi connectivity index (χ0n) is 12.2. The van der Waals surface area contributed by atoms with Crippen LogP contribution >= 0.6 is 11.8 Å². The summed E-state index contributed by atoms with van der Waals surface area (Å²) in [7, 11) is 0. The first-order chi connectivity index (χ1) is 10.1. The molecule has 1 aliphatic rings. The highest BCUT2D eigenvalue weighted by Gasteiger charge is 2.34. The summed E-state index contributed by atoms with van der Waals surface area (Å²) in [6.07, 6.45) is 1.84. The molecule has 0 bridgehead atoms. The van der Waals surface area contributed by atoms with Gasteiger partial charge in [-0.3, -0.25) is 4.79 Å². The lowest BCUT2D eigenvalue weighted by molar-refractivity contribution is -0.152. The minimum absolute atomic E-state index is 0.0438. The van der Waals surface area contributed by atoms with Crippen LogP contribution in [-0.2, 0) is 9.59 Å². The van der Waals surface area contributed by atoms with Crippen LogP contribution in [0.1, 0.15) is 26.2 Å². The monoisotopic (exact) mass is 307 g/mol. The number of benzene rings is 1. The number of likely N-dealkylation sites (tertiary alicyclic amines) is 1. The molecular weight excluding hydrogens is 286 g/mol. The Morgan fingerprint density at radius 1 is 1.33 bits per heavy atom. The van der Waals surface area contributed by atoms with Crippen LogP contribution < -0.4 is 0 Å². The molecule has 2 unspecified atom stereocenters. The van der Waals surface area contributed by atoms with Crippen LogP contribution in [0, 0.1) is 5.92 Å². The summed E-state index contributed by atoms with van der Waals surface area (Å²) >= 11 is 1.63. The normalized spacial score (nSPS) is 22.0. The number of nitrogens with zero attached hydrogens (tertiary/aromatic N) is 1. The fourth-order valence-electron chi connectivity index (χ4n) is 2.59. The van der Waals surface area contributed by atoms with Gasteiger partial charge >= 0.3 is 5.97 Å². The maximum absolute atomic E-state index is 12.3. The number of hydrogen-bond donors (Lipinski definition) is 1. The molecular formula is C16H21NO3S. The Morgan fingerprint density at radius 2 is 2.05 bits per heavy atom. The van der Waals surface area contributed by atoms with Gasteiger partial charge in [-0.05, 0) is 30.9 Å². The molecule has 21 heavy (non-hydrogen) atoms. The van der Waals surface area contributed by atoms with Crippen molar-refractivity contribution in [2.24, 2.45) is 5.92 Å². The van der Waals surface area contributed by atoms with Crippen molar-refractivity contribution in [1.29, 1.82) is 0 Å². The lowest BCUT2D eigenvalue weighted by atomic mass is 9.92. The fourth-order valence-corrected chi connectivity index (χ4v) is 3.45. The first-order valence-electron chi connectivity index (χ1n) is 7.28. The number of aliphatic carboxylic acids is 1. The van der Waals surface area contributed by atoms with Gasteiger partial charge in [0, 0.05) is 23.6 Å². The Morgan fingerprint density at radius 3 is 2.71 bits per heavy atom. The summed E-state index contributed by atoms with van der Waals surface area (Å²) in [5.74, 6) is 0.124. The van der Waals surface area contributed by atoms with Crippen molar-refractivity contribution in [3.05, 3.63) is 30.3 Å². The molecule has 1 aromatic rings. The quantitative estimate of drug-likeness (QED) is 0.850. The number of thioether (sulfide) groups is 1. The van der Waals surface area contributed by atoms with E-state index in [1.807, 2.05) is 37.3 Å². The van der Waals surface area contributed by atoms with Gasteiger partial charge < -0.3 is 10.0 Å². The maximum atomic E-state index is 12.3. The molecule has 114 valence electrons. The number of carboxylic acids is 1. The van der Waals surface area contributed by atoms with Gasteiger partial charge in [0.1, 0.15) is 6.04 Å². The van der Waals surface area contributed by atoms with E-state index in [0.717, 1.165) is 11.3 Å². The van der Waals surface area contributed by atoms with Crippen molar-refractivity contribution in [1.82, 2.24) is 4.90 Å². The molecule has 1 aromatic carbocycles.